The number of benzene rings is 3. The van der Waals surface area contributed by atoms with E-state index in [1.807, 2.05) is 72.8 Å². The predicted octanol–water partition coefficient (Wildman–Crippen LogP) is 4.11. The molecule has 0 spiro atoms. The number of nitrogens with zero attached hydrogens (tertiary/aromatic N) is 2. The number of carbonyl (C=O) groups is 2. The van der Waals surface area contributed by atoms with E-state index in [9.17, 15) is 9.59 Å². The normalized spacial score (nSPS) is 10.8. The second-order valence-corrected chi connectivity index (χ2v) is 7.45. The Morgan fingerprint density at radius 1 is 0.697 bits per heavy atom. The second kappa shape index (κ2) is 8.39. The van der Waals surface area contributed by atoms with Crippen molar-refractivity contribution in [3.8, 4) is 11.3 Å². The Labute approximate surface area is 189 Å². The largest absolute Gasteiger partial charge is 0.397 e. The molecule has 7 heteroatoms. The Kier molecular flexibility index (Phi) is 5.12. The fourth-order valence-electron chi connectivity index (χ4n) is 3.71. The molecular weight excluding hydrogens is 414 g/mol. The number of anilines is 1. The van der Waals surface area contributed by atoms with Gasteiger partial charge in [-0.15, -0.1) is 0 Å². The van der Waals surface area contributed by atoms with E-state index in [0.717, 1.165) is 5.56 Å². The number of nitrogens with one attached hydrogen (secondary N) is 2. The highest BCUT2D eigenvalue weighted by Gasteiger charge is 2.17. The average molecular weight is 433 g/mol. The van der Waals surface area contributed by atoms with Crippen LogP contribution < -0.4 is 16.6 Å². The zero-order chi connectivity index (χ0) is 22.8. The summed E-state index contributed by atoms with van der Waals surface area (Å²) in [5.74, 6) is -1.02. The van der Waals surface area contributed by atoms with Crippen LogP contribution in [0.4, 0.5) is 5.69 Å². The summed E-state index contributed by atoms with van der Waals surface area (Å²) in [5, 5.41) is 1.35. The number of amides is 2. The van der Waals surface area contributed by atoms with E-state index in [1.165, 1.54) is 6.20 Å². The van der Waals surface area contributed by atoms with E-state index in [0.29, 0.717) is 38.8 Å². The van der Waals surface area contributed by atoms with Crippen LogP contribution in [0.2, 0.25) is 0 Å². The molecule has 2 amide bonds. The minimum Gasteiger partial charge on any atom is -0.397 e. The number of para-hydroxylation sites is 2. The third-order valence-corrected chi connectivity index (χ3v) is 5.38. The monoisotopic (exact) mass is 433 g/mol. The third kappa shape index (κ3) is 3.83. The molecule has 5 rings (SSSR count). The molecule has 0 unspecified atom stereocenters. The highest BCUT2D eigenvalue weighted by molar-refractivity contribution is 6.10. The van der Waals surface area contributed by atoms with Crippen LogP contribution in [0.1, 0.15) is 20.7 Å². The van der Waals surface area contributed by atoms with Crippen molar-refractivity contribution in [3.05, 3.63) is 102 Å². The van der Waals surface area contributed by atoms with Crippen LogP contribution >= 0.6 is 0 Å². The molecule has 2 heterocycles. The van der Waals surface area contributed by atoms with E-state index in [1.54, 1.807) is 12.1 Å². The summed E-state index contributed by atoms with van der Waals surface area (Å²) >= 11 is 0. The lowest BCUT2D eigenvalue weighted by Crippen LogP contribution is -2.42. The lowest BCUT2D eigenvalue weighted by Gasteiger charge is -2.12. The van der Waals surface area contributed by atoms with Gasteiger partial charge in [-0.2, -0.15) is 0 Å². The molecule has 0 aliphatic carbocycles. The van der Waals surface area contributed by atoms with Gasteiger partial charge in [-0.05, 0) is 18.2 Å². The molecule has 0 saturated heterocycles. The van der Waals surface area contributed by atoms with Crippen molar-refractivity contribution in [1.29, 1.82) is 0 Å². The van der Waals surface area contributed by atoms with Gasteiger partial charge in [0.25, 0.3) is 11.8 Å². The number of pyridine rings is 2. The first-order valence-electron chi connectivity index (χ1n) is 10.3. The van der Waals surface area contributed by atoms with Crippen LogP contribution in [-0.4, -0.2) is 21.8 Å². The maximum absolute atomic E-state index is 13.1. The van der Waals surface area contributed by atoms with Gasteiger partial charge in [-0.25, -0.2) is 4.98 Å². The number of hydrogen-bond donors (Lipinski definition) is 3. The van der Waals surface area contributed by atoms with Gasteiger partial charge < -0.3 is 5.73 Å². The minimum atomic E-state index is -0.555. The summed E-state index contributed by atoms with van der Waals surface area (Å²) in [7, 11) is 0. The van der Waals surface area contributed by atoms with Crippen molar-refractivity contribution in [3.63, 3.8) is 0 Å². The highest BCUT2D eigenvalue weighted by atomic mass is 16.2. The number of nitrogens with two attached hydrogens (primary N) is 1. The maximum Gasteiger partial charge on any atom is 0.273 e. The first-order chi connectivity index (χ1) is 16.1. The van der Waals surface area contributed by atoms with Crippen molar-refractivity contribution >= 4 is 39.3 Å². The van der Waals surface area contributed by atoms with Gasteiger partial charge in [0.1, 0.15) is 0 Å². The summed E-state index contributed by atoms with van der Waals surface area (Å²) in [4.78, 5) is 34.8. The number of nitrogen functional groups attached to an aromatic ring is 1. The third-order valence-electron chi connectivity index (χ3n) is 5.38. The molecule has 4 N–H and O–H groups in total. The summed E-state index contributed by atoms with van der Waals surface area (Å²) < 4.78 is 0. The van der Waals surface area contributed by atoms with E-state index < -0.39 is 11.8 Å². The standard InChI is InChI=1S/C26H19N5O2/c27-24-18-11-5-6-12-21(18)28-15-20(24)26(33)31-30-25(32)19-14-23(16-8-2-1-3-9-16)29-22-13-7-4-10-17(19)22/h1-15H,(H2,27,28)(H,30,32)(H,31,33). The zero-order valence-electron chi connectivity index (χ0n) is 17.4. The molecule has 0 aliphatic heterocycles. The van der Waals surface area contributed by atoms with Crippen LogP contribution in [-0.2, 0) is 0 Å². The molecule has 2 aromatic heterocycles. The number of hydrogen-bond acceptors (Lipinski definition) is 5. The lowest BCUT2D eigenvalue weighted by molar-refractivity contribution is 0.0848. The van der Waals surface area contributed by atoms with Crippen LogP contribution in [0.25, 0.3) is 33.1 Å². The number of carbonyl (C=O) groups excluding carboxylic acids is 2. The molecule has 0 radical (unpaired) electrons. The molecule has 0 atom stereocenters. The lowest BCUT2D eigenvalue weighted by atomic mass is 10.0. The Hall–Kier alpha value is -4.78. The summed E-state index contributed by atoms with van der Waals surface area (Å²) in [6, 6.07) is 25.9. The first kappa shape index (κ1) is 20.1. The fraction of sp³-hybridized carbons (Fsp3) is 0. The van der Waals surface area contributed by atoms with Gasteiger partial charge in [-0.1, -0.05) is 66.7 Å². The second-order valence-electron chi connectivity index (χ2n) is 7.45. The number of fused-ring (bicyclic) bond motifs is 2. The summed E-state index contributed by atoms with van der Waals surface area (Å²) in [5.41, 5.74) is 14.9. The quantitative estimate of drug-likeness (QED) is 0.371. The summed E-state index contributed by atoms with van der Waals surface area (Å²) in [6.07, 6.45) is 1.40. The Bertz CT molecular complexity index is 1520. The predicted molar refractivity (Wildman–Crippen MR) is 128 cm³/mol. The van der Waals surface area contributed by atoms with E-state index in [2.05, 4.69) is 20.8 Å². The Balaban J connectivity index is 1.44. The molecule has 0 aliphatic rings. The SMILES string of the molecule is Nc1c(C(=O)NNC(=O)c2cc(-c3ccccc3)nc3ccccc23)cnc2ccccc12. The summed E-state index contributed by atoms with van der Waals surface area (Å²) in [6.45, 7) is 0. The van der Waals surface area contributed by atoms with Gasteiger partial charge in [0.05, 0.1) is 33.5 Å². The van der Waals surface area contributed by atoms with E-state index in [-0.39, 0.29) is 5.56 Å². The zero-order valence-corrected chi connectivity index (χ0v) is 17.4. The average Bonchev–Trinajstić information content (AvgIpc) is 2.87. The van der Waals surface area contributed by atoms with Gasteiger partial charge in [0, 0.05) is 22.5 Å². The molecule has 0 saturated carbocycles. The van der Waals surface area contributed by atoms with Crippen molar-refractivity contribution < 1.29 is 9.59 Å². The van der Waals surface area contributed by atoms with Crippen molar-refractivity contribution in [2.75, 3.05) is 5.73 Å². The molecule has 7 nitrogen and oxygen atoms in total. The number of aromatic nitrogens is 2. The first-order valence-corrected chi connectivity index (χ1v) is 10.3. The number of rotatable bonds is 3. The van der Waals surface area contributed by atoms with Gasteiger partial charge in [0.2, 0.25) is 0 Å². The maximum atomic E-state index is 13.1. The Morgan fingerprint density at radius 3 is 2.06 bits per heavy atom. The Morgan fingerprint density at radius 2 is 1.30 bits per heavy atom. The fourth-order valence-corrected chi connectivity index (χ4v) is 3.71. The molecule has 0 fully saturated rings. The van der Waals surface area contributed by atoms with Gasteiger partial charge in [-0.3, -0.25) is 25.4 Å². The molecule has 33 heavy (non-hydrogen) atoms. The topological polar surface area (TPSA) is 110 Å². The van der Waals surface area contributed by atoms with E-state index >= 15 is 0 Å². The molecule has 5 aromatic rings. The van der Waals surface area contributed by atoms with Crippen LogP contribution in [0, 0.1) is 0 Å². The van der Waals surface area contributed by atoms with E-state index in [4.69, 9.17) is 5.73 Å². The molecule has 3 aromatic carbocycles. The van der Waals surface area contributed by atoms with Crippen molar-refractivity contribution in [2.24, 2.45) is 0 Å². The van der Waals surface area contributed by atoms with Gasteiger partial charge >= 0.3 is 0 Å². The minimum absolute atomic E-state index is 0.179. The highest BCUT2D eigenvalue weighted by Crippen LogP contribution is 2.25. The molecule has 0 bridgehead atoms. The van der Waals surface area contributed by atoms with Crippen LogP contribution in [0.15, 0.2) is 91.1 Å². The van der Waals surface area contributed by atoms with Crippen molar-refractivity contribution in [1.82, 2.24) is 20.8 Å². The smallest absolute Gasteiger partial charge is 0.273 e. The molecule has 160 valence electrons. The molecular formula is C26H19N5O2. The van der Waals surface area contributed by atoms with Crippen molar-refractivity contribution in [2.45, 2.75) is 0 Å². The number of hydrazine groups is 1. The van der Waals surface area contributed by atoms with Gasteiger partial charge in [0.15, 0.2) is 0 Å². The van der Waals surface area contributed by atoms with Crippen LogP contribution in [0.3, 0.4) is 0 Å². The van der Waals surface area contributed by atoms with Crippen LogP contribution in [0.5, 0.6) is 0 Å².